The quantitative estimate of drug-likeness (QED) is 0.717. The highest BCUT2D eigenvalue weighted by atomic mass is 32.2. The third-order valence-corrected chi connectivity index (χ3v) is 6.05. The lowest BCUT2D eigenvalue weighted by Gasteiger charge is -2.15. The summed E-state index contributed by atoms with van der Waals surface area (Å²) < 4.78 is 33.7. The molecule has 0 bridgehead atoms. The predicted molar refractivity (Wildman–Crippen MR) is 84.2 cm³/mol. The molecule has 0 spiro atoms. The number of ether oxygens (including phenoxy) is 1. The normalized spacial score (nSPS) is 17.2. The van der Waals surface area contributed by atoms with Gasteiger partial charge in [-0.15, -0.1) is 5.10 Å². The first-order chi connectivity index (χ1) is 11.4. The summed E-state index contributed by atoms with van der Waals surface area (Å²) in [6.45, 7) is 2.37. The number of esters is 1. The molecule has 0 amide bonds. The molecule has 3 rings (SSSR count). The van der Waals surface area contributed by atoms with Gasteiger partial charge in [-0.1, -0.05) is 0 Å². The number of carbonyl (C=O) groups excluding carboxylic acids is 1. The topological polar surface area (TPSA) is 103 Å². The van der Waals surface area contributed by atoms with Crippen LogP contribution in [-0.2, 0) is 19.6 Å². The molecule has 0 N–H and O–H groups in total. The molecule has 0 unspecified atom stereocenters. The monoisotopic (exact) mass is 354 g/mol. The van der Waals surface area contributed by atoms with Crippen molar-refractivity contribution in [1.82, 2.24) is 18.5 Å². The number of pyridine rings is 1. The standard InChI is InChI=1S/C14H18N4O5S/c1-10(13(19)23-2)18-14(20)17-9-5-6-11(12(17)15-18)24(21,22)16-7-3-4-8-16/h5-6,9-10H,3-4,7-8H2,1-2H3/t10-/m1/s1. The van der Waals surface area contributed by atoms with Crippen LogP contribution in [0.15, 0.2) is 28.0 Å². The zero-order valence-corrected chi connectivity index (χ0v) is 14.2. The van der Waals surface area contributed by atoms with E-state index in [2.05, 4.69) is 9.84 Å². The van der Waals surface area contributed by atoms with Gasteiger partial charge in [-0.3, -0.25) is 0 Å². The summed E-state index contributed by atoms with van der Waals surface area (Å²) in [4.78, 5) is 24.1. The molecule has 0 aromatic carbocycles. The molecule has 0 saturated carbocycles. The number of aromatic nitrogens is 3. The lowest BCUT2D eigenvalue weighted by Crippen LogP contribution is -2.29. The zero-order chi connectivity index (χ0) is 17.5. The summed E-state index contributed by atoms with van der Waals surface area (Å²) in [5.41, 5.74) is -0.591. The number of fused-ring (bicyclic) bond motifs is 1. The van der Waals surface area contributed by atoms with E-state index in [-0.39, 0.29) is 10.5 Å². The highest BCUT2D eigenvalue weighted by Crippen LogP contribution is 2.23. The van der Waals surface area contributed by atoms with Crippen molar-refractivity contribution in [2.45, 2.75) is 30.7 Å². The maximum Gasteiger partial charge on any atom is 0.351 e. The zero-order valence-electron chi connectivity index (χ0n) is 13.4. The minimum absolute atomic E-state index is 0.00477. The number of rotatable bonds is 4. The maximum atomic E-state index is 12.8. The van der Waals surface area contributed by atoms with Crippen LogP contribution < -0.4 is 5.69 Å². The fraction of sp³-hybridized carbons (Fsp3) is 0.500. The van der Waals surface area contributed by atoms with E-state index in [0.29, 0.717) is 13.1 Å². The van der Waals surface area contributed by atoms with E-state index in [4.69, 9.17) is 0 Å². The van der Waals surface area contributed by atoms with Gasteiger partial charge in [0.05, 0.1) is 7.11 Å². The van der Waals surface area contributed by atoms with Gasteiger partial charge in [-0.2, -0.15) is 8.99 Å². The molecule has 3 heterocycles. The van der Waals surface area contributed by atoms with Crippen LogP contribution in [0.5, 0.6) is 0 Å². The predicted octanol–water partition coefficient (Wildman–Crippen LogP) is 0.0145. The van der Waals surface area contributed by atoms with Crippen LogP contribution >= 0.6 is 0 Å². The lowest BCUT2D eigenvalue weighted by molar-refractivity contribution is -0.144. The molecule has 2 aromatic heterocycles. The van der Waals surface area contributed by atoms with Crippen LogP contribution in [0.4, 0.5) is 0 Å². The molecule has 0 aliphatic carbocycles. The molecule has 24 heavy (non-hydrogen) atoms. The van der Waals surface area contributed by atoms with Crippen molar-refractivity contribution in [2.24, 2.45) is 0 Å². The average molecular weight is 354 g/mol. The van der Waals surface area contributed by atoms with Crippen LogP contribution in [0.25, 0.3) is 5.65 Å². The molecule has 1 saturated heterocycles. The van der Waals surface area contributed by atoms with E-state index in [1.807, 2.05) is 0 Å². The summed E-state index contributed by atoms with van der Waals surface area (Å²) in [6, 6.07) is 1.94. The van der Waals surface area contributed by atoms with Crippen molar-refractivity contribution in [3.05, 3.63) is 28.8 Å². The van der Waals surface area contributed by atoms with Gasteiger partial charge in [-0.05, 0) is 31.9 Å². The molecule has 0 radical (unpaired) electrons. The van der Waals surface area contributed by atoms with Gasteiger partial charge >= 0.3 is 11.7 Å². The van der Waals surface area contributed by atoms with E-state index in [1.165, 1.54) is 36.7 Å². The van der Waals surface area contributed by atoms with E-state index in [0.717, 1.165) is 21.9 Å². The Bertz CT molecular complexity index is 940. The van der Waals surface area contributed by atoms with Gasteiger partial charge < -0.3 is 4.74 Å². The van der Waals surface area contributed by atoms with Crippen LogP contribution in [0.3, 0.4) is 0 Å². The van der Waals surface area contributed by atoms with Crippen molar-refractivity contribution >= 4 is 21.6 Å². The number of nitrogens with zero attached hydrogens (tertiary/aromatic N) is 4. The smallest absolute Gasteiger partial charge is 0.351 e. The fourth-order valence-corrected chi connectivity index (χ4v) is 4.42. The molecular formula is C14H18N4O5S. The van der Waals surface area contributed by atoms with Gasteiger partial charge in [0.1, 0.15) is 4.90 Å². The van der Waals surface area contributed by atoms with Gasteiger partial charge in [0.2, 0.25) is 10.0 Å². The molecule has 1 aliphatic rings. The number of hydrogen-bond donors (Lipinski definition) is 0. The van der Waals surface area contributed by atoms with Crippen LogP contribution in [0.2, 0.25) is 0 Å². The lowest BCUT2D eigenvalue weighted by atomic mass is 10.3. The first-order valence-electron chi connectivity index (χ1n) is 7.56. The number of methoxy groups -OCH3 is 1. The Balaban J connectivity index is 2.18. The van der Waals surface area contributed by atoms with Crippen LogP contribution in [-0.4, -0.2) is 53.1 Å². The third kappa shape index (κ3) is 2.51. The molecule has 1 aliphatic heterocycles. The third-order valence-electron chi connectivity index (χ3n) is 4.13. The van der Waals surface area contributed by atoms with Crippen LogP contribution in [0.1, 0.15) is 25.8 Å². The Morgan fingerprint density at radius 2 is 2.00 bits per heavy atom. The van der Waals surface area contributed by atoms with Crippen molar-refractivity contribution in [3.8, 4) is 0 Å². The van der Waals surface area contributed by atoms with E-state index in [1.54, 1.807) is 0 Å². The van der Waals surface area contributed by atoms with Crippen molar-refractivity contribution in [3.63, 3.8) is 0 Å². The Kier molecular flexibility index (Phi) is 4.18. The van der Waals surface area contributed by atoms with Gasteiger partial charge in [0.25, 0.3) is 0 Å². The molecule has 10 heteroatoms. The summed E-state index contributed by atoms with van der Waals surface area (Å²) >= 11 is 0. The Morgan fingerprint density at radius 1 is 1.33 bits per heavy atom. The summed E-state index contributed by atoms with van der Waals surface area (Å²) in [6.07, 6.45) is 3.04. The van der Waals surface area contributed by atoms with Crippen molar-refractivity contribution in [1.29, 1.82) is 0 Å². The Labute approximate surface area is 138 Å². The molecule has 130 valence electrons. The highest BCUT2D eigenvalue weighted by Gasteiger charge is 2.31. The minimum Gasteiger partial charge on any atom is -0.467 e. The minimum atomic E-state index is -3.74. The van der Waals surface area contributed by atoms with E-state index < -0.39 is 27.7 Å². The molecular weight excluding hydrogens is 336 g/mol. The first kappa shape index (κ1) is 16.7. The molecule has 1 atom stereocenters. The van der Waals surface area contributed by atoms with Crippen LogP contribution in [0, 0.1) is 0 Å². The van der Waals surface area contributed by atoms with E-state index in [9.17, 15) is 18.0 Å². The van der Waals surface area contributed by atoms with Gasteiger partial charge in [0.15, 0.2) is 11.7 Å². The maximum absolute atomic E-state index is 12.8. The second-order valence-electron chi connectivity index (χ2n) is 5.60. The molecule has 9 nitrogen and oxygen atoms in total. The fourth-order valence-electron chi connectivity index (χ4n) is 2.78. The summed E-state index contributed by atoms with van der Waals surface area (Å²) in [7, 11) is -2.53. The SMILES string of the molecule is COC(=O)[C@@H](C)n1nc2c(S(=O)(=O)N3CCCC3)cccn2c1=O. The average Bonchev–Trinajstić information content (AvgIpc) is 3.22. The first-order valence-corrected chi connectivity index (χ1v) is 9.00. The second-order valence-corrected chi connectivity index (χ2v) is 7.51. The number of hydrogen-bond acceptors (Lipinski definition) is 6. The Hall–Kier alpha value is -2.20. The summed E-state index contributed by atoms with van der Waals surface area (Å²) in [5.74, 6) is -0.635. The number of sulfonamides is 1. The number of carbonyl (C=O) groups is 1. The highest BCUT2D eigenvalue weighted by molar-refractivity contribution is 7.89. The molecule has 1 fully saturated rings. The van der Waals surface area contributed by atoms with Gasteiger partial charge in [0, 0.05) is 19.3 Å². The largest absolute Gasteiger partial charge is 0.467 e. The Morgan fingerprint density at radius 3 is 2.62 bits per heavy atom. The van der Waals surface area contributed by atoms with E-state index >= 15 is 0 Å². The van der Waals surface area contributed by atoms with Crippen molar-refractivity contribution < 1.29 is 17.9 Å². The van der Waals surface area contributed by atoms with Crippen molar-refractivity contribution in [2.75, 3.05) is 20.2 Å². The van der Waals surface area contributed by atoms with Gasteiger partial charge in [-0.25, -0.2) is 22.4 Å². The molecule has 2 aromatic rings. The summed E-state index contributed by atoms with van der Waals surface area (Å²) in [5, 5.41) is 4.08. The second kappa shape index (κ2) is 6.02.